The molecule has 1 saturated heterocycles. The largest absolute Gasteiger partial charge is 0.416 e. The van der Waals surface area contributed by atoms with E-state index in [-0.39, 0.29) is 17.5 Å². The quantitative estimate of drug-likeness (QED) is 0.877. The molecule has 0 bridgehead atoms. The van der Waals surface area contributed by atoms with Gasteiger partial charge in [-0.15, -0.1) is 0 Å². The van der Waals surface area contributed by atoms with Gasteiger partial charge in [0.05, 0.1) is 11.1 Å². The van der Waals surface area contributed by atoms with E-state index in [0.717, 1.165) is 18.6 Å². The Morgan fingerprint density at radius 1 is 1.38 bits per heavy atom. The highest BCUT2D eigenvalue weighted by Gasteiger charge is 2.33. The van der Waals surface area contributed by atoms with Crippen molar-refractivity contribution in [1.29, 1.82) is 0 Å². The highest BCUT2D eigenvalue weighted by molar-refractivity contribution is 5.99. The minimum Gasteiger partial charge on any atom is -0.371 e. The van der Waals surface area contributed by atoms with Gasteiger partial charge in [0, 0.05) is 24.8 Å². The SMILES string of the molecule is CC1CN(c2ccc(C(F)(F)F)cc2C(N)=O)CCC1N. The monoisotopic (exact) mass is 301 g/mol. The number of nitrogens with two attached hydrogens (primary N) is 2. The molecule has 0 spiro atoms. The first-order chi connectivity index (χ1) is 9.70. The van der Waals surface area contributed by atoms with Crippen LogP contribution in [0.1, 0.15) is 29.3 Å². The lowest BCUT2D eigenvalue weighted by Gasteiger charge is -2.37. The Kier molecular flexibility index (Phi) is 4.13. The lowest BCUT2D eigenvalue weighted by atomic mass is 9.93. The maximum atomic E-state index is 12.7. The summed E-state index contributed by atoms with van der Waals surface area (Å²) < 4.78 is 38.2. The number of primary amides is 1. The second-order valence-corrected chi connectivity index (χ2v) is 5.47. The Morgan fingerprint density at radius 2 is 2.05 bits per heavy atom. The fourth-order valence-corrected chi connectivity index (χ4v) is 2.57. The summed E-state index contributed by atoms with van der Waals surface area (Å²) in [5, 5.41) is 0. The van der Waals surface area contributed by atoms with Crippen molar-refractivity contribution >= 4 is 11.6 Å². The molecule has 2 rings (SSSR count). The zero-order valence-corrected chi connectivity index (χ0v) is 11.7. The standard InChI is InChI=1S/C14H18F3N3O/c1-8-7-20(5-4-11(8)18)12-3-2-9(14(15,16)17)6-10(12)13(19)21/h2-3,6,8,11H,4-5,7,18H2,1H3,(H2,19,21). The van der Waals surface area contributed by atoms with Crippen molar-refractivity contribution in [1.82, 2.24) is 0 Å². The summed E-state index contributed by atoms with van der Waals surface area (Å²) in [6.45, 7) is 3.16. The summed E-state index contributed by atoms with van der Waals surface area (Å²) in [5.74, 6) is -0.666. The number of alkyl halides is 3. The van der Waals surface area contributed by atoms with Crippen LogP contribution in [0, 0.1) is 5.92 Å². The van der Waals surface area contributed by atoms with Crippen LogP contribution in [0.15, 0.2) is 18.2 Å². The number of hydrogen-bond donors (Lipinski definition) is 2. The van der Waals surface area contributed by atoms with Crippen molar-refractivity contribution in [3.63, 3.8) is 0 Å². The molecule has 1 aromatic carbocycles. The third kappa shape index (κ3) is 3.29. The molecule has 4 nitrogen and oxygen atoms in total. The molecule has 0 aromatic heterocycles. The molecule has 4 N–H and O–H groups in total. The number of carbonyl (C=O) groups excluding carboxylic acids is 1. The molecule has 1 amide bonds. The van der Waals surface area contributed by atoms with Crippen molar-refractivity contribution in [2.24, 2.45) is 17.4 Å². The molecule has 1 aromatic rings. The molecule has 0 aliphatic carbocycles. The van der Waals surface area contributed by atoms with Gasteiger partial charge in [0.1, 0.15) is 0 Å². The van der Waals surface area contributed by atoms with Crippen LogP contribution in [-0.2, 0) is 6.18 Å². The number of halogens is 3. The third-order valence-corrected chi connectivity index (χ3v) is 3.90. The van der Waals surface area contributed by atoms with E-state index in [0.29, 0.717) is 18.8 Å². The summed E-state index contributed by atoms with van der Waals surface area (Å²) in [6, 6.07) is 3.16. The predicted molar refractivity (Wildman–Crippen MR) is 73.9 cm³/mol. The number of benzene rings is 1. The lowest BCUT2D eigenvalue weighted by Crippen LogP contribution is -2.46. The topological polar surface area (TPSA) is 72.3 Å². The highest BCUT2D eigenvalue weighted by Crippen LogP contribution is 2.34. The minimum atomic E-state index is -4.50. The summed E-state index contributed by atoms with van der Waals surface area (Å²) >= 11 is 0. The van der Waals surface area contributed by atoms with Gasteiger partial charge in [0.2, 0.25) is 0 Å². The van der Waals surface area contributed by atoms with Gasteiger partial charge in [0.25, 0.3) is 5.91 Å². The Morgan fingerprint density at radius 3 is 2.57 bits per heavy atom. The molecule has 0 saturated carbocycles. The van der Waals surface area contributed by atoms with E-state index in [2.05, 4.69) is 0 Å². The molecule has 21 heavy (non-hydrogen) atoms. The number of amides is 1. The van der Waals surface area contributed by atoms with Gasteiger partial charge in [-0.05, 0) is 30.5 Å². The van der Waals surface area contributed by atoms with Crippen molar-refractivity contribution in [2.45, 2.75) is 25.6 Å². The number of nitrogens with zero attached hydrogens (tertiary/aromatic N) is 1. The van der Waals surface area contributed by atoms with Crippen LogP contribution in [0.4, 0.5) is 18.9 Å². The van der Waals surface area contributed by atoms with E-state index < -0.39 is 17.6 Å². The Hall–Kier alpha value is -1.76. The molecule has 0 radical (unpaired) electrons. The fraction of sp³-hybridized carbons (Fsp3) is 0.500. The minimum absolute atomic E-state index is 0.0627. The van der Waals surface area contributed by atoms with E-state index in [1.165, 1.54) is 6.07 Å². The van der Waals surface area contributed by atoms with Crippen molar-refractivity contribution in [3.05, 3.63) is 29.3 Å². The Balaban J connectivity index is 2.38. The van der Waals surface area contributed by atoms with E-state index in [4.69, 9.17) is 11.5 Å². The smallest absolute Gasteiger partial charge is 0.371 e. The van der Waals surface area contributed by atoms with Crippen LogP contribution in [0.2, 0.25) is 0 Å². The van der Waals surface area contributed by atoms with Crippen molar-refractivity contribution in [3.8, 4) is 0 Å². The molecule has 2 atom stereocenters. The molecule has 1 aliphatic heterocycles. The number of carbonyl (C=O) groups is 1. The molecular formula is C14H18F3N3O. The van der Waals surface area contributed by atoms with Gasteiger partial charge in [-0.2, -0.15) is 13.2 Å². The average Bonchev–Trinajstić information content (AvgIpc) is 2.40. The summed E-state index contributed by atoms with van der Waals surface area (Å²) in [5.41, 5.74) is 10.6. The van der Waals surface area contributed by atoms with Gasteiger partial charge < -0.3 is 16.4 Å². The van der Waals surface area contributed by atoms with Crippen LogP contribution < -0.4 is 16.4 Å². The molecule has 1 aliphatic rings. The van der Waals surface area contributed by atoms with Crippen LogP contribution in [0.5, 0.6) is 0 Å². The zero-order chi connectivity index (χ0) is 15.8. The normalized spacial score (nSPS) is 23.2. The molecule has 1 heterocycles. The Labute approximate surface area is 120 Å². The fourth-order valence-electron chi connectivity index (χ4n) is 2.57. The predicted octanol–water partition coefficient (Wildman–Crippen LogP) is 1.98. The number of anilines is 1. The number of piperidine rings is 1. The zero-order valence-electron chi connectivity index (χ0n) is 11.7. The van der Waals surface area contributed by atoms with E-state index in [1.807, 2.05) is 11.8 Å². The highest BCUT2D eigenvalue weighted by atomic mass is 19.4. The van der Waals surface area contributed by atoms with Gasteiger partial charge in [-0.1, -0.05) is 6.92 Å². The van der Waals surface area contributed by atoms with Gasteiger partial charge >= 0.3 is 6.18 Å². The third-order valence-electron chi connectivity index (χ3n) is 3.90. The second-order valence-electron chi connectivity index (χ2n) is 5.47. The summed E-state index contributed by atoms with van der Waals surface area (Å²) in [7, 11) is 0. The first-order valence-electron chi connectivity index (χ1n) is 6.71. The number of rotatable bonds is 2. The van der Waals surface area contributed by atoms with Crippen molar-refractivity contribution in [2.75, 3.05) is 18.0 Å². The molecule has 1 fully saturated rings. The van der Waals surface area contributed by atoms with Gasteiger partial charge in [0.15, 0.2) is 0 Å². The van der Waals surface area contributed by atoms with E-state index in [1.54, 1.807) is 0 Å². The molecular weight excluding hydrogens is 283 g/mol. The van der Waals surface area contributed by atoms with Gasteiger partial charge in [-0.3, -0.25) is 4.79 Å². The summed E-state index contributed by atoms with van der Waals surface area (Å²) in [4.78, 5) is 13.4. The maximum Gasteiger partial charge on any atom is 0.416 e. The first-order valence-corrected chi connectivity index (χ1v) is 6.71. The van der Waals surface area contributed by atoms with E-state index in [9.17, 15) is 18.0 Å². The lowest BCUT2D eigenvalue weighted by molar-refractivity contribution is -0.137. The van der Waals surface area contributed by atoms with Crippen LogP contribution >= 0.6 is 0 Å². The van der Waals surface area contributed by atoms with Crippen LogP contribution in [0.3, 0.4) is 0 Å². The average molecular weight is 301 g/mol. The summed E-state index contributed by atoms with van der Waals surface area (Å²) in [6.07, 6.45) is -3.78. The molecule has 116 valence electrons. The van der Waals surface area contributed by atoms with Crippen molar-refractivity contribution < 1.29 is 18.0 Å². The second kappa shape index (κ2) is 5.55. The van der Waals surface area contributed by atoms with E-state index >= 15 is 0 Å². The molecule has 2 unspecified atom stereocenters. The first kappa shape index (κ1) is 15.6. The Bertz CT molecular complexity index is 545. The maximum absolute atomic E-state index is 12.7. The van der Waals surface area contributed by atoms with Gasteiger partial charge in [-0.25, -0.2) is 0 Å². The van der Waals surface area contributed by atoms with Crippen LogP contribution in [-0.4, -0.2) is 25.0 Å². The number of hydrogen-bond acceptors (Lipinski definition) is 3. The van der Waals surface area contributed by atoms with Crippen LogP contribution in [0.25, 0.3) is 0 Å². The molecule has 7 heteroatoms.